The minimum absolute atomic E-state index is 0.0281. The van der Waals surface area contributed by atoms with Crippen molar-refractivity contribution >= 4 is 17.5 Å². The number of Topliss-reactive ketones (excluding diaryl/α,β-unsaturated/α-hetero) is 2. The van der Waals surface area contributed by atoms with Crippen molar-refractivity contribution < 1.29 is 33.7 Å². The highest BCUT2D eigenvalue weighted by molar-refractivity contribution is 6.25. The molecule has 4 fully saturated rings. The molecule has 4 rings (SSSR count). The van der Waals surface area contributed by atoms with E-state index < -0.39 is 35.3 Å². The number of ether oxygens (including phenoxy) is 3. The van der Waals surface area contributed by atoms with E-state index in [0.717, 1.165) is 5.57 Å². The summed E-state index contributed by atoms with van der Waals surface area (Å²) in [5.41, 5.74) is -0.167. The van der Waals surface area contributed by atoms with Gasteiger partial charge in [-0.2, -0.15) is 0 Å². The highest BCUT2D eigenvalue weighted by atomic mass is 16.8. The van der Waals surface area contributed by atoms with Gasteiger partial charge < -0.3 is 24.6 Å². The van der Waals surface area contributed by atoms with Crippen molar-refractivity contribution in [1.82, 2.24) is 5.32 Å². The first-order valence-electron chi connectivity index (χ1n) is 10.2. The Labute approximate surface area is 174 Å². The van der Waals surface area contributed by atoms with Crippen molar-refractivity contribution in [2.24, 2.45) is 11.8 Å². The molecule has 0 aromatic heterocycles. The van der Waals surface area contributed by atoms with Gasteiger partial charge in [-0.3, -0.25) is 14.4 Å². The number of fused-ring (bicyclic) bond motifs is 4. The summed E-state index contributed by atoms with van der Waals surface area (Å²) in [6.07, 6.45) is 3.64. The number of allylic oxidation sites excluding steroid dienone is 3. The summed E-state index contributed by atoms with van der Waals surface area (Å²) in [6, 6.07) is 0. The van der Waals surface area contributed by atoms with Gasteiger partial charge in [-0.05, 0) is 26.8 Å². The van der Waals surface area contributed by atoms with E-state index in [4.69, 9.17) is 14.2 Å². The second kappa shape index (κ2) is 6.87. The van der Waals surface area contributed by atoms with Gasteiger partial charge in [0.05, 0.1) is 12.6 Å². The van der Waals surface area contributed by atoms with Gasteiger partial charge >= 0.3 is 0 Å². The SMILES string of the molecule is CC(C=CC(O)=C1C(=O)CNC1=O)=CC(C)[C@H]1O[C@]2(C)O[C@@H](C(=O)[C@@H]3O[C@@]32C)[C@@H]1C. The monoisotopic (exact) mass is 417 g/mol. The fourth-order valence-electron chi connectivity index (χ4n) is 4.67. The number of rotatable bonds is 4. The molecule has 8 heteroatoms. The second-order valence-corrected chi connectivity index (χ2v) is 8.90. The lowest BCUT2D eigenvalue weighted by atomic mass is 9.78. The molecule has 162 valence electrons. The number of hydrogen-bond acceptors (Lipinski definition) is 7. The summed E-state index contributed by atoms with van der Waals surface area (Å²) in [6.45, 7) is 9.34. The van der Waals surface area contributed by atoms with Gasteiger partial charge in [0.2, 0.25) is 0 Å². The van der Waals surface area contributed by atoms with Gasteiger partial charge in [-0.1, -0.05) is 31.6 Å². The number of amides is 1. The maximum Gasteiger partial charge on any atom is 0.259 e. The summed E-state index contributed by atoms with van der Waals surface area (Å²) < 4.78 is 18.0. The summed E-state index contributed by atoms with van der Waals surface area (Å²) in [5.74, 6) is -2.59. The van der Waals surface area contributed by atoms with E-state index in [1.165, 1.54) is 6.08 Å². The Morgan fingerprint density at radius 2 is 1.90 bits per heavy atom. The predicted molar refractivity (Wildman–Crippen MR) is 105 cm³/mol. The second-order valence-electron chi connectivity index (χ2n) is 8.90. The first-order chi connectivity index (χ1) is 14.0. The quantitative estimate of drug-likeness (QED) is 0.234. The fraction of sp³-hybridized carbons (Fsp3) is 0.591. The summed E-state index contributed by atoms with van der Waals surface area (Å²) in [4.78, 5) is 36.0. The normalized spacial score (nSPS) is 43.5. The molecule has 2 N–H and O–H groups in total. The summed E-state index contributed by atoms with van der Waals surface area (Å²) in [5, 5.41) is 12.5. The number of ketones is 2. The van der Waals surface area contributed by atoms with Crippen LogP contribution in [0.15, 0.2) is 35.1 Å². The van der Waals surface area contributed by atoms with Crippen molar-refractivity contribution in [1.29, 1.82) is 0 Å². The van der Waals surface area contributed by atoms with Crippen LogP contribution < -0.4 is 5.32 Å². The van der Waals surface area contributed by atoms with E-state index in [1.807, 2.05) is 40.7 Å². The Kier molecular flexibility index (Phi) is 4.80. The Balaban J connectivity index is 1.51. The van der Waals surface area contributed by atoms with Crippen LogP contribution in [0.3, 0.4) is 0 Å². The predicted octanol–water partition coefficient (Wildman–Crippen LogP) is 1.51. The topological polar surface area (TPSA) is 114 Å². The molecule has 0 aromatic rings. The number of aliphatic hydroxyl groups excluding tert-OH is 1. The number of aliphatic hydroxyl groups is 1. The number of carbonyl (C=O) groups is 3. The Bertz CT molecular complexity index is 900. The van der Waals surface area contributed by atoms with Gasteiger partial charge in [0.1, 0.15) is 17.4 Å². The van der Waals surface area contributed by atoms with E-state index in [-0.39, 0.29) is 41.6 Å². The third kappa shape index (κ3) is 3.05. The maximum absolute atomic E-state index is 12.7. The molecular formula is C22H27NO7. The lowest BCUT2D eigenvalue weighted by Crippen LogP contribution is -2.66. The molecule has 4 saturated heterocycles. The largest absolute Gasteiger partial charge is 0.507 e. The summed E-state index contributed by atoms with van der Waals surface area (Å²) >= 11 is 0. The first-order valence-corrected chi connectivity index (χ1v) is 10.2. The molecule has 0 saturated carbocycles. The van der Waals surface area contributed by atoms with Crippen molar-refractivity contribution in [2.45, 2.75) is 64.3 Å². The van der Waals surface area contributed by atoms with Crippen LogP contribution in [-0.2, 0) is 28.6 Å². The van der Waals surface area contributed by atoms with E-state index in [2.05, 4.69) is 5.32 Å². The Hall–Kier alpha value is -2.29. The lowest BCUT2D eigenvalue weighted by Gasteiger charge is -2.51. The highest BCUT2D eigenvalue weighted by Gasteiger charge is 2.76. The molecule has 2 bridgehead atoms. The van der Waals surface area contributed by atoms with Crippen LogP contribution >= 0.6 is 0 Å². The number of epoxide rings is 1. The molecule has 0 aromatic carbocycles. The Morgan fingerprint density at radius 3 is 2.53 bits per heavy atom. The average Bonchev–Trinajstić information content (AvgIpc) is 3.29. The zero-order chi connectivity index (χ0) is 22.0. The zero-order valence-corrected chi connectivity index (χ0v) is 17.7. The van der Waals surface area contributed by atoms with Crippen LogP contribution in [0.25, 0.3) is 0 Å². The van der Waals surface area contributed by atoms with Gasteiger partial charge in [-0.15, -0.1) is 0 Å². The zero-order valence-electron chi connectivity index (χ0n) is 17.7. The van der Waals surface area contributed by atoms with Crippen LogP contribution in [0.1, 0.15) is 34.6 Å². The summed E-state index contributed by atoms with van der Waals surface area (Å²) in [7, 11) is 0. The van der Waals surface area contributed by atoms with Crippen LogP contribution in [0.2, 0.25) is 0 Å². The number of nitrogens with one attached hydrogen (secondary N) is 1. The molecule has 4 aliphatic heterocycles. The van der Waals surface area contributed by atoms with Gasteiger partial charge in [-0.25, -0.2) is 0 Å². The van der Waals surface area contributed by atoms with E-state index in [9.17, 15) is 19.5 Å². The molecule has 4 heterocycles. The standard InChI is InChI=1S/C22H27NO7/c1-10(6-7-13(24)15-14(25)9-23-20(15)27)8-11(2)17-12(3)18-16(26)19-21(4,30-19)22(5,28-17)29-18/h6-8,11-12,17-19,24H,9H2,1-5H3,(H,23,27)/t11?,12-,17-,18-,19+,21+,22-/m1/s1. The smallest absolute Gasteiger partial charge is 0.259 e. The number of hydrogen-bond donors (Lipinski definition) is 2. The molecule has 0 radical (unpaired) electrons. The van der Waals surface area contributed by atoms with E-state index in [1.54, 1.807) is 6.08 Å². The third-order valence-corrected chi connectivity index (χ3v) is 6.67. The van der Waals surface area contributed by atoms with Crippen LogP contribution in [0.5, 0.6) is 0 Å². The van der Waals surface area contributed by atoms with Gasteiger partial charge in [0.25, 0.3) is 5.91 Å². The lowest BCUT2D eigenvalue weighted by molar-refractivity contribution is -0.350. The minimum Gasteiger partial charge on any atom is -0.507 e. The van der Waals surface area contributed by atoms with Crippen molar-refractivity contribution in [2.75, 3.05) is 6.54 Å². The van der Waals surface area contributed by atoms with Crippen molar-refractivity contribution in [3.63, 3.8) is 0 Å². The van der Waals surface area contributed by atoms with E-state index in [0.29, 0.717) is 0 Å². The average molecular weight is 417 g/mol. The van der Waals surface area contributed by atoms with Gasteiger partial charge in [0, 0.05) is 11.8 Å². The molecule has 4 aliphatic rings. The first kappa shape index (κ1) is 21.0. The molecule has 7 atom stereocenters. The third-order valence-electron chi connectivity index (χ3n) is 6.67. The highest BCUT2D eigenvalue weighted by Crippen LogP contribution is 2.57. The Morgan fingerprint density at radius 1 is 1.20 bits per heavy atom. The molecule has 1 amide bonds. The molecule has 0 spiro atoms. The van der Waals surface area contributed by atoms with Crippen molar-refractivity contribution in [3.05, 3.63) is 35.1 Å². The minimum atomic E-state index is -0.988. The molecular weight excluding hydrogens is 390 g/mol. The fourth-order valence-corrected chi connectivity index (χ4v) is 4.67. The van der Waals surface area contributed by atoms with Crippen LogP contribution in [-0.4, -0.2) is 58.8 Å². The molecule has 8 nitrogen and oxygen atoms in total. The molecule has 30 heavy (non-hydrogen) atoms. The van der Waals surface area contributed by atoms with Crippen LogP contribution in [0.4, 0.5) is 0 Å². The number of carbonyl (C=O) groups excluding carboxylic acids is 3. The molecule has 0 aliphatic carbocycles. The van der Waals surface area contributed by atoms with Gasteiger partial charge in [0.15, 0.2) is 29.1 Å². The van der Waals surface area contributed by atoms with Crippen LogP contribution in [0, 0.1) is 11.8 Å². The molecule has 1 unspecified atom stereocenters. The maximum atomic E-state index is 12.7. The van der Waals surface area contributed by atoms with E-state index >= 15 is 0 Å². The van der Waals surface area contributed by atoms with Crippen molar-refractivity contribution in [3.8, 4) is 0 Å².